The highest BCUT2D eigenvalue weighted by atomic mass is 28.4. The quantitative estimate of drug-likeness (QED) is 0.156. The second kappa shape index (κ2) is 12.2. The lowest BCUT2D eigenvalue weighted by Gasteiger charge is -2.40. The summed E-state index contributed by atoms with van der Waals surface area (Å²) in [5.41, 5.74) is 0. The number of allylic oxidation sites excluding steroid dienone is 2. The van der Waals surface area contributed by atoms with Gasteiger partial charge in [0.15, 0.2) is 8.32 Å². The van der Waals surface area contributed by atoms with Crippen LogP contribution >= 0.6 is 0 Å². The fourth-order valence-electron chi connectivity index (χ4n) is 3.94. The molecule has 0 aromatic carbocycles. The fraction of sp³-hybridized carbons (Fsp3) is 0.800. The van der Waals surface area contributed by atoms with Gasteiger partial charge in [0.25, 0.3) is 0 Å². The van der Waals surface area contributed by atoms with Gasteiger partial charge in [0.1, 0.15) is 0 Å². The first-order valence-electron chi connectivity index (χ1n) is 11.7. The minimum absolute atomic E-state index is 0.0325. The Morgan fingerprint density at radius 3 is 2.43 bits per heavy atom. The van der Waals surface area contributed by atoms with Crippen LogP contribution in [0, 0.1) is 11.8 Å². The Bertz CT molecular complexity index is 552. The summed E-state index contributed by atoms with van der Waals surface area (Å²) in [7, 11) is -1.90. The second-order valence-electron chi connectivity index (χ2n) is 10.5. The predicted molar refractivity (Wildman–Crippen MR) is 128 cm³/mol. The fourth-order valence-corrected chi connectivity index (χ4v) is 5.37. The standard InChI is InChI=1S/C25H46O4Si/c1-9-11-12-13-14-15-21(29-30(7,8)25(4,5)6)16-17-22(26)23-20(10-2)18-19(3)28-24(23)27/h9-10,19-23,26H,1-2,11-18H2,3-8H3/t19-,20-,21?,22?,23?/m0/s1. The molecule has 0 spiro atoms. The Balaban J connectivity index is 2.75. The van der Waals surface area contributed by atoms with Gasteiger partial charge in [-0.25, -0.2) is 0 Å². The van der Waals surface area contributed by atoms with Crippen LogP contribution < -0.4 is 0 Å². The molecule has 1 fully saturated rings. The van der Waals surface area contributed by atoms with Crippen molar-refractivity contribution in [2.75, 3.05) is 0 Å². The van der Waals surface area contributed by atoms with Crippen molar-refractivity contribution in [3.63, 3.8) is 0 Å². The van der Waals surface area contributed by atoms with Gasteiger partial charge in [-0.2, -0.15) is 0 Å². The van der Waals surface area contributed by atoms with E-state index in [2.05, 4.69) is 47.0 Å². The maximum atomic E-state index is 12.4. The van der Waals surface area contributed by atoms with Crippen LogP contribution in [0.4, 0.5) is 0 Å². The van der Waals surface area contributed by atoms with Crippen LogP contribution in [-0.2, 0) is 14.0 Å². The average Bonchev–Trinajstić information content (AvgIpc) is 2.63. The van der Waals surface area contributed by atoms with Gasteiger partial charge >= 0.3 is 5.97 Å². The summed E-state index contributed by atoms with van der Waals surface area (Å²) in [6.07, 6.45) is 10.6. The van der Waals surface area contributed by atoms with Crippen molar-refractivity contribution in [2.24, 2.45) is 11.8 Å². The molecule has 30 heavy (non-hydrogen) atoms. The molecule has 174 valence electrons. The summed E-state index contributed by atoms with van der Waals surface area (Å²) in [5, 5.41) is 11.0. The second-order valence-corrected chi connectivity index (χ2v) is 15.2. The molecule has 1 heterocycles. The Hall–Kier alpha value is -0.913. The number of rotatable bonds is 13. The van der Waals surface area contributed by atoms with Crippen molar-refractivity contribution in [3.8, 4) is 0 Å². The van der Waals surface area contributed by atoms with E-state index < -0.39 is 20.3 Å². The van der Waals surface area contributed by atoms with Crippen LogP contribution in [0.5, 0.6) is 0 Å². The summed E-state index contributed by atoms with van der Waals surface area (Å²) in [4.78, 5) is 12.4. The minimum Gasteiger partial charge on any atom is -0.462 e. The van der Waals surface area contributed by atoms with Gasteiger partial charge in [-0.05, 0) is 69.5 Å². The van der Waals surface area contributed by atoms with E-state index >= 15 is 0 Å². The number of carbonyl (C=O) groups is 1. The zero-order valence-electron chi connectivity index (χ0n) is 20.3. The SMILES string of the molecule is C=CCCCCCC(CCC(O)C1C(=O)O[C@@H](C)C[C@@H]1C=C)O[Si](C)(C)C(C)(C)C. The summed E-state index contributed by atoms with van der Waals surface area (Å²) >= 11 is 0. The van der Waals surface area contributed by atoms with Gasteiger partial charge in [-0.3, -0.25) is 4.79 Å². The van der Waals surface area contributed by atoms with Crippen molar-refractivity contribution in [1.29, 1.82) is 0 Å². The molecule has 1 aliphatic rings. The van der Waals surface area contributed by atoms with E-state index in [1.807, 2.05) is 13.0 Å². The molecule has 1 rings (SSSR count). The molecule has 0 bridgehead atoms. The number of unbranched alkanes of at least 4 members (excludes halogenated alkanes) is 3. The number of aliphatic hydroxyl groups excluding tert-OH is 1. The largest absolute Gasteiger partial charge is 0.462 e. The zero-order chi connectivity index (χ0) is 22.9. The molecular weight excluding hydrogens is 392 g/mol. The molecule has 0 aromatic heterocycles. The van der Waals surface area contributed by atoms with Crippen molar-refractivity contribution >= 4 is 14.3 Å². The third-order valence-corrected chi connectivity index (χ3v) is 11.4. The maximum absolute atomic E-state index is 12.4. The lowest BCUT2D eigenvalue weighted by atomic mass is 9.80. The Morgan fingerprint density at radius 2 is 1.87 bits per heavy atom. The molecule has 1 aliphatic heterocycles. The highest BCUT2D eigenvalue weighted by molar-refractivity contribution is 6.74. The first-order valence-corrected chi connectivity index (χ1v) is 14.6. The Labute approximate surface area is 186 Å². The van der Waals surface area contributed by atoms with E-state index in [9.17, 15) is 9.90 Å². The maximum Gasteiger partial charge on any atom is 0.312 e. The molecule has 0 saturated carbocycles. The van der Waals surface area contributed by atoms with E-state index in [0.717, 1.165) is 44.9 Å². The predicted octanol–water partition coefficient (Wildman–Crippen LogP) is 6.41. The number of ether oxygens (including phenoxy) is 1. The molecule has 4 nitrogen and oxygen atoms in total. The van der Waals surface area contributed by atoms with Crippen molar-refractivity contribution in [2.45, 2.75) is 116 Å². The molecule has 5 heteroatoms. The average molecular weight is 439 g/mol. The van der Waals surface area contributed by atoms with E-state index in [0.29, 0.717) is 6.42 Å². The number of esters is 1. The van der Waals surface area contributed by atoms with Crippen LogP contribution in [0.15, 0.2) is 25.3 Å². The normalized spacial score (nSPS) is 24.8. The van der Waals surface area contributed by atoms with Gasteiger partial charge in [0, 0.05) is 6.10 Å². The van der Waals surface area contributed by atoms with Crippen LogP contribution in [0.2, 0.25) is 18.1 Å². The molecule has 0 radical (unpaired) electrons. The summed E-state index contributed by atoms with van der Waals surface area (Å²) < 4.78 is 12.1. The molecule has 0 aliphatic carbocycles. The third kappa shape index (κ3) is 8.31. The number of aliphatic hydroxyl groups is 1. The molecule has 5 atom stereocenters. The van der Waals surface area contributed by atoms with Gasteiger partial charge in [0.05, 0.1) is 18.1 Å². The number of carbonyl (C=O) groups excluding carboxylic acids is 1. The monoisotopic (exact) mass is 438 g/mol. The van der Waals surface area contributed by atoms with Crippen molar-refractivity contribution in [1.82, 2.24) is 0 Å². The molecule has 0 amide bonds. The van der Waals surface area contributed by atoms with E-state index in [4.69, 9.17) is 9.16 Å². The van der Waals surface area contributed by atoms with Gasteiger partial charge in [-0.15, -0.1) is 13.2 Å². The first kappa shape index (κ1) is 27.1. The van der Waals surface area contributed by atoms with E-state index in [1.54, 1.807) is 6.08 Å². The molecular formula is C25H46O4Si. The summed E-state index contributed by atoms with van der Waals surface area (Å²) in [6, 6.07) is 0. The molecule has 0 aromatic rings. The van der Waals surface area contributed by atoms with Crippen molar-refractivity contribution in [3.05, 3.63) is 25.3 Å². The lowest BCUT2D eigenvalue weighted by Crippen LogP contribution is -2.45. The number of hydrogen-bond donors (Lipinski definition) is 1. The van der Waals surface area contributed by atoms with Crippen molar-refractivity contribution < 1.29 is 19.1 Å². The lowest BCUT2D eigenvalue weighted by molar-refractivity contribution is -0.168. The molecule has 3 unspecified atom stereocenters. The number of cyclic esters (lactones) is 1. The van der Waals surface area contributed by atoms with Gasteiger partial charge < -0.3 is 14.3 Å². The van der Waals surface area contributed by atoms with Gasteiger partial charge in [0.2, 0.25) is 0 Å². The van der Waals surface area contributed by atoms with Crippen LogP contribution in [0.25, 0.3) is 0 Å². The molecule has 1 saturated heterocycles. The Morgan fingerprint density at radius 1 is 1.20 bits per heavy atom. The van der Waals surface area contributed by atoms with Gasteiger partial charge in [-0.1, -0.05) is 45.8 Å². The smallest absolute Gasteiger partial charge is 0.312 e. The summed E-state index contributed by atoms with van der Waals surface area (Å²) in [6.45, 7) is 20.9. The summed E-state index contributed by atoms with van der Waals surface area (Å²) in [5.74, 6) is -0.841. The van der Waals surface area contributed by atoms with Crippen LogP contribution in [0.1, 0.15) is 79.1 Å². The van der Waals surface area contributed by atoms with E-state index in [1.165, 1.54) is 0 Å². The van der Waals surface area contributed by atoms with E-state index in [-0.39, 0.29) is 29.1 Å². The highest BCUT2D eigenvalue weighted by Gasteiger charge is 2.41. The van der Waals surface area contributed by atoms with Crippen LogP contribution in [-0.4, -0.2) is 37.7 Å². The molecule has 1 N–H and O–H groups in total. The zero-order valence-corrected chi connectivity index (χ0v) is 21.3. The highest BCUT2D eigenvalue weighted by Crippen LogP contribution is 2.39. The number of hydrogen-bond acceptors (Lipinski definition) is 4. The topological polar surface area (TPSA) is 55.8 Å². The minimum atomic E-state index is -1.90. The Kier molecular flexibility index (Phi) is 11.0. The first-order chi connectivity index (χ1) is 13.9. The third-order valence-electron chi connectivity index (χ3n) is 6.86. The van der Waals surface area contributed by atoms with Crippen LogP contribution in [0.3, 0.4) is 0 Å².